The van der Waals surface area contributed by atoms with Crippen molar-refractivity contribution in [1.29, 1.82) is 0 Å². The van der Waals surface area contributed by atoms with Crippen molar-refractivity contribution >= 4 is 34.8 Å². The lowest BCUT2D eigenvalue weighted by Gasteiger charge is -2.33. The highest BCUT2D eigenvalue weighted by atomic mass is 35.5. The molecule has 1 atom stereocenters. The molecule has 4 nitrogen and oxygen atoms in total. The van der Waals surface area contributed by atoms with E-state index >= 15 is 0 Å². The first kappa shape index (κ1) is 18.7. The van der Waals surface area contributed by atoms with Crippen LogP contribution in [0.1, 0.15) is 50.6 Å². The molecular weight excluding hydrogens is 330 g/mol. The lowest BCUT2D eigenvalue weighted by Crippen LogP contribution is -2.34. The molecule has 0 saturated carbocycles. The molecule has 1 aromatic rings. The van der Waals surface area contributed by atoms with Gasteiger partial charge in [0, 0.05) is 10.8 Å². The summed E-state index contributed by atoms with van der Waals surface area (Å²) in [4.78, 5) is 18.4. The number of fused-ring (bicyclic) bond motifs is 1. The number of nitrogens with one attached hydrogen (secondary N) is 2. The van der Waals surface area contributed by atoms with E-state index in [1.54, 1.807) is 11.3 Å². The van der Waals surface area contributed by atoms with Crippen LogP contribution in [0.25, 0.3) is 0 Å². The molecule has 1 unspecified atom stereocenters. The predicted molar refractivity (Wildman–Crippen MR) is 98.6 cm³/mol. The SMILES string of the molecule is CC(C)(C)C1CCc2nc(NC(=O)C3CCNCC3)sc2C1.Cl. The molecule has 1 fully saturated rings. The zero-order chi connectivity index (χ0) is 15.7. The summed E-state index contributed by atoms with van der Waals surface area (Å²) in [5.74, 6) is 1.01. The second-order valence-corrected chi connectivity index (χ2v) is 8.79. The van der Waals surface area contributed by atoms with Crippen molar-refractivity contribution in [3.63, 3.8) is 0 Å². The predicted octanol–water partition coefficient (Wildman–Crippen LogP) is 3.65. The number of amides is 1. The van der Waals surface area contributed by atoms with Crippen LogP contribution in [-0.2, 0) is 17.6 Å². The number of halogens is 1. The fraction of sp³-hybridized carbons (Fsp3) is 0.765. The average molecular weight is 358 g/mol. The molecule has 3 rings (SSSR count). The molecule has 0 spiro atoms. The van der Waals surface area contributed by atoms with E-state index in [-0.39, 0.29) is 24.2 Å². The molecule has 6 heteroatoms. The second kappa shape index (κ2) is 7.49. The van der Waals surface area contributed by atoms with Gasteiger partial charge in [-0.3, -0.25) is 4.79 Å². The Labute approximate surface area is 149 Å². The van der Waals surface area contributed by atoms with Crippen molar-refractivity contribution in [3.8, 4) is 0 Å². The minimum atomic E-state index is 0. The molecule has 2 N–H and O–H groups in total. The molecular formula is C17H28ClN3OS. The van der Waals surface area contributed by atoms with Crippen LogP contribution in [0.2, 0.25) is 0 Å². The Morgan fingerprint density at radius 1 is 1.26 bits per heavy atom. The van der Waals surface area contributed by atoms with Gasteiger partial charge in [-0.1, -0.05) is 20.8 Å². The molecule has 0 aromatic carbocycles. The molecule has 1 aliphatic carbocycles. The highest BCUT2D eigenvalue weighted by Crippen LogP contribution is 2.40. The average Bonchev–Trinajstić information content (AvgIpc) is 2.88. The number of aryl methyl sites for hydroxylation is 1. The summed E-state index contributed by atoms with van der Waals surface area (Å²) in [5.41, 5.74) is 1.56. The Morgan fingerprint density at radius 2 is 1.96 bits per heavy atom. The van der Waals surface area contributed by atoms with Gasteiger partial charge in [-0.15, -0.1) is 23.7 Å². The topological polar surface area (TPSA) is 54.0 Å². The lowest BCUT2D eigenvalue weighted by atomic mass is 9.73. The van der Waals surface area contributed by atoms with E-state index < -0.39 is 0 Å². The minimum absolute atomic E-state index is 0. The summed E-state index contributed by atoms with van der Waals surface area (Å²) < 4.78 is 0. The maximum Gasteiger partial charge on any atom is 0.229 e. The fourth-order valence-corrected chi connectivity index (χ4v) is 4.55. The Morgan fingerprint density at radius 3 is 2.61 bits per heavy atom. The van der Waals surface area contributed by atoms with E-state index in [1.807, 2.05) is 0 Å². The highest BCUT2D eigenvalue weighted by molar-refractivity contribution is 7.15. The Hall–Kier alpha value is -0.650. The van der Waals surface area contributed by atoms with Gasteiger partial charge < -0.3 is 10.6 Å². The smallest absolute Gasteiger partial charge is 0.229 e. The van der Waals surface area contributed by atoms with Gasteiger partial charge in [-0.05, 0) is 56.5 Å². The van der Waals surface area contributed by atoms with Gasteiger partial charge in [-0.2, -0.15) is 0 Å². The molecule has 1 saturated heterocycles. The van der Waals surface area contributed by atoms with Crippen molar-refractivity contribution < 1.29 is 4.79 Å². The second-order valence-electron chi connectivity index (χ2n) is 7.71. The molecule has 1 aromatic heterocycles. The van der Waals surface area contributed by atoms with Gasteiger partial charge in [0.05, 0.1) is 5.69 Å². The number of carbonyl (C=O) groups excluding carboxylic acids is 1. The van der Waals surface area contributed by atoms with Crippen LogP contribution < -0.4 is 10.6 Å². The van der Waals surface area contributed by atoms with Gasteiger partial charge in [-0.25, -0.2) is 4.98 Å². The first-order valence-electron chi connectivity index (χ1n) is 8.43. The van der Waals surface area contributed by atoms with Crippen molar-refractivity contribution in [3.05, 3.63) is 10.6 Å². The maximum atomic E-state index is 12.3. The largest absolute Gasteiger partial charge is 0.317 e. The number of carbonyl (C=O) groups is 1. The third-order valence-corrected chi connectivity index (χ3v) is 6.14. The van der Waals surface area contributed by atoms with Crippen LogP contribution >= 0.6 is 23.7 Å². The number of rotatable bonds is 2. The normalized spacial score (nSPS) is 22.1. The van der Waals surface area contributed by atoms with Crippen LogP contribution in [0.15, 0.2) is 0 Å². The van der Waals surface area contributed by atoms with E-state index in [4.69, 9.17) is 0 Å². The summed E-state index contributed by atoms with van der Waals surface area (Å²) >= 11 is 1.69. The first-order valence-corrected chi connectivity index (χ1v) is 9.25. The fourth-order valence-electron chi connectivity index (χ4n) is 3.46. The molecule has 0 bridgehead atoms. The summed E-state index contributed by atoms with van der Waals surface area (Å²) in [6.45, 7) is 8.86. The quantitative estimate of drug-likeness (QED) is 0.849. The number of nitrogens with zero attached hydrogens (tertiary/aromatic N) is 1. The zero-order valence-corrected chi connectivity index (χ0v) is 15.9. The van der Waals surface area contributed by atoms with Gasteiger partial charge in [0.25, 0.3) is 0 Å². The van der Waals surface area contributed by atoms with E-state index in [2.05, 4.69) is 36.4 Å². The molecule has 1 aliphatic heterocycles. The lowest BCUT2D eigenvalue weighted by molar-refractivity contribution is -0.120. The standard InChI is InChI=1S/C17H27N3OS.ClH/c1-17(2,3)12-4-5-13-14(10-12)22-16(19-13)20-15(21)11-6-8-18-9-7-11;/h11-12,18H,4-10H2,1-3H3,(H,19,20,21);1H. The van der Waals surface area contributed by atoms with Crippen LogP contribution in [-0.4, -0.2) is 24.0 Å². The zero-order valence-electron chi connectivity index (χ0n) is 14.3. The van der Waals surface area contributed by atoms with E-state index in [1.165, 1.54) is 17.0 Å². The number of hydrogen-bond acceptors (Lipinski definition) is 4. The van der Waals surface area contributed by atoms with Crippen molar-refractivity contribution in [1.82, 2.24) is 10.3 Å². The van der Waals surface area contributed by atoms with E-state index in [0.29, 0.717) is 11.3 Å². The summed E-state index contributed by atoms with van der Waals surface area (Å²) in [5, 5.41) is 7.17. The van der Waals surface area contributed by atoms with Crippen molar-refractivity contribution in [2.24, 2.45) is 17.3 Å². The molecule has 0 radical (unpaired) electrons. The highest BCUT2D eigenvalue weighted by Gasteiger charge is 2.31. The Bertz CT molecular complexity index is 547. The number of hydrogen-bond donors (Lipinski definition) is 2. The number of piperidine rings is 1. The number of aromatic nitrogens is 1. The van der Waals surface area contributed by atoms with Crippen molar-refractivity contribution in [2.75, 3.05) is 18.4 Å². The molecule has 2 heterocycles. The molecule has 130 valence electrons. The minimum Gasteiger partial charge on any atom is -0.317 e. The first-order chi connectivity index (χ1) is 10.4. The molecule has 1 amide bonds. The van der Waals surface area contributed by atoms with E-state index in [0.717, 1.165) is 43.9 Å². The third-order valence-electron chi connectivity index (χ3n) is 5.10. The number of anilines is 1. The third kappa shape index (κ3) is 4.46. The van der Waals surface area contributed by atoms with Crippen LogP contribution in [0.3, 0.4) is 0 Å². The van der Waals surface area contributed by atoms with Crippen LogP contribution in [0.5, 0.6) is 0 Å². The van der Waals surface area contributed by atoms with Crippen molar-refractivity contribution in [2.45, 2.75) is 52.9 Å². The maximum absolute atomic E-state index is 12.3. The van der Waals surface area contributed by atoms with Gasteiger partial charge in [0.15, 0.2) is 5.13 Å². The van der Waals surface area contributed by atoms with E-state index in [9.17, 15) is 4.79 Å². The van der Waals surface area contributed by atoms with Gasteiger partial charge in [0.2, 0.25) is 5.91 Å². The van der Waals surface area contributed by atoms with Gasteiger partial charge in [0.1, 0.15) is 0 Å². The van der Waals surface area contributed by atoms with Gasteiger partial charge >= 0.3 is 0 Å². The summed E-state index contributed by atoms with van der Waals surface area (Å²) in [7, 11) is 0. The Kier molecular flexibility index (Phi) is 6.09. The van der Waals surface area contributed by atoms with Crippen LogP contribution in [0.4, 0.5) is 5.13 Å². The monoisotopic (exact) mass is 357 g/mol. The van der Waals surface area contributed by atoms with Crippen LogP contribution in [0, 0.1) is 17.3 Å². The molecule has 2 aliphatic rings. The summed E-state index contributed by atoms with van der Waals surface area (Å²) in [6.07, 6.45) is 5.24. The number of thiazole rings is 1. The Balaban J connectivity index is 0.00000192. The molecule has 23 heavy (non-hydrogen) atoms. The summed E-state index contributed by atoms with van der Waals surface area (Å²) in [6, 6.07) is 0.